The number of nitrogens with one attached hydrogen (secondary N) is 2. The highest BCUT2D eigenvalue weighted by Crippen LogP contribution is 2.15. The summed E-state index contributed by atoms with van der Waals surface area (Å²) in [6.45, 7) is 1.46. The Labute approximate surface area is 160 Å². The summed E-state index contributed by atoms with van der Waals surface area (Å²) in [7, 11) is 0. The van der Waals surface area contributed by atoms with Crippen molar-refractivity contribution in [1.82, 2.24) is 10.2 Å². The number of carbonyl (C=O) groups excluding carboxylic acids is 3. The first-order valence-corrected chi connectivity index (χ1v) is 8.38. The standard InChI is InChI=1S/C20H17N3O5/c1-12-3-2-4-15(9-12)21-17(24)11-23-18(25)16(22-20(23)28)10-13-5-7-14(8-6-13)19(26)27/h2-10H,11H2,1H3,(H,21,24)(H,22,28)(H,26,27). The molecule has 0 saturated carbocycles. The molecular weight excluding hydrogens is 362 g/mol. The minimum atomic E-state index is -1.06. The summed E-state index contributed by atoms with van der Waals surface area (Å²) in [5.74, 6) is -2.19. The van der Waals surface area contributed by atoms with E-state index in [4.69, 9.17) is 5.11 Å². The third kappa shape index (κ3) is 4.24. The molecule has 3 rings (SSSR count). The SMILES string of the molecule is Cc1cccc(NC(=O)CN2C(=O)NC(=Cc3ccc(C(=O)O)cc3)C2=O)c1. The van der Waals surface area contributed by atoms with E-state index < -0.39 is 30.4 Å². The zero-order valence-corrected chi connectivity index (χ0v) is 14.9. The van der Waals surface area contributed by atoms with Crippen molar-refractivity contribution in [2.24, 2.45) is 0 Å². The number of hydrogen-bond acceptors (Lipinski definition) is 4. The van der Waals surface area contributed by atoms with Gasteiger partial charge >= 0.3 is 12.0 Å². The maximum atomic E-state index is 12.4. The number of imide groups is 1. The third-order valence-corrected chi connectivity index (χ3v) is 4.03. The highest BCUT2D eigenvalue weighted by atomic mass is 16.4. The fourth-order valence-corrected chi connectivity index (χ4v) is 2.67. The van der Waals surface area contributed by atoms with Gasteiger partial charge in [0.1, 0.15) is 12.2 Å². The van der Waals surface area contributed by atoms with Gasteiger partial charge in [0, 0.05) is 5.69 Å². The van der Waals surface area contributed by atoms with Crippen molar-refractivity contribution in [3.63, 3.8) is 0 Å². The fraction of sp³-hybridized carbons (Fsp3) is 0.100. The van der Waals surface area contributed by atoms with Crippen molar-refractivity contribution in [1.29, 1.82) is 0 Å². The number of carboxylic acid groups (broad SMARTS) is 1. The summed E-state index contributed by atoms with van der Waals surface area (Å²) in [5.41, 5.74) is 2.20. The van der Waals surface area contributed by atoms with E-state index in [0.29, 0.717) is 11.3 Å². The van der Waals surface area contributed by atoms with Gasteiger partial charge in [-0.15, -0.1) is 0 Å². The topological polar surface area (TPSA) is 116 Å². The van der Waals surface area contributed by atoms with Gasteiger partial charge in [-0.25, -0.2) is 14.5 Å². The Hall–Kier alpha value is -3.94. The molecule has 8 heteroatoms. The minimum Gasteiger partial charge on any atom is -0.478 e. The Bertz CT molecular complexity index is 995. The molecule has 1 fully saturated rings. The zero-order chi connectivity index (χ0) is 20.3. The van der Waals surface area contributed by atoms with Crippen molar-refractivity contribution >= 4 is 35.6 Å². The maximum Gasteiger partial charge on any atom is 0.335 e. The van der Waals surface area contributed by atoms with Gasteiger partial charge in [0.05, 0.1) is 5.56 Å². The molecule has 0 atom stereocenters. The van der Waals surface area contributed by atoms with E-state index in [1.54, 1.807) is 18.2 Å². The van der Waals surface area contributed by atoms with Gasteiger partial charge in [0.2, 0.25) is 5.91 Å². The zero-order valence-electron chi connectivity index (χ0n) is 14.9. The minimum absolute atomic E-state index is 0.0106. The number of urea groups is 1. The molecule has 0 unspecified atom stereocenters. The molecule has 1 heterocycles. The van der Waals surface area contributed by atoms with Crippen LogP contribution in [0.1, 0.15) is 21.5 Å². The van der Waals surface area contributed by atoms with Crippen LogP contribution < -0.4 is 10.6 Å². The Morgan fingerprint density at radius 1 is 1.14 bits per heavy atom. The van der Waals surface area contributed by atoms with Crippen LogP contribution >= 0.6 is 0 Å². The van der Waals surface area contributed by atoms with E-state index in [1.165, 1.54) is 30.3 Å². The molecule has 2 aromatic rings. The predicted molar refractivity (Wildman–Crippen MR) is 101 cm³/mol. The Morgan fingerprint density at radius 2 is 1.86 bits per heavy atom. The second-order valence-electron chi connectivity index (χ2n) is 6.22. The van der Waals surface area contributed by atoms with Crippen LogP contribution in [0.2, 0.25) is 0 Å². The summed E-state index contributed by atoms with van der Waals surface area (Å²) in [4.78, 5) is 48.4. The van der Waals surface area contributed by atoms with E-state index in [-0.39, 0.29) is 11.3 Å². The second-order valence-corrected chi connectivity index (χ2v) is 6.22. The van der Waals surface area contributed by atoms with Crippen molar-refractivity contribution in [3.8, 4) is 0 Å². The summed E-state index contributed by atoms with van der Waals surface area (Å²) in [6.07, 6.45) is 1.42. The van der Waals surface area contributed by atoms with E-state index >= 15 is 0 Å². The summed E-state index contributed by atoms with van der Waals surface area (Å²) < 4.78 is 0. The van der Waals surface area contributed by atoms with Crippen LogP contribution in [-0.2, 0) is 9.59 Å². The first-order valence-electron chi connectivity index (χ1n) is 8.38. The molecule has 2 aromatic carbocycles. The third-order valence-electron chi connectivity index (χ3n) is 4.03. The molecule has 3 N–H and O–H groups in total. The number of anilines is 1. The fourth-order valence-electron chi connectivity index (χ4n) is 2.67. The normalized spacial score (nSPS) is 14.9. The van der Waals surface area contributed by atoms with Crippen LogP contribution in [0.25, 0.3) is 6.08 Å². The average Bonchev–Trinajstić information content (AvgIpc) is 2.89. The van der Waals surface area contributed by atoms with E-state index in [1.807, 2.05) is 13.0 Å². The number of amides is 4. The molecule has 1 aliphatic rings. The molecule has 0 radical (unpaired) electrons. The molecule has 8 nitrogen and oxygen atoms in total. The van der Waals surface area contributed by atoms with Crippen LogP contribution in [0.15, 0.2) is 54.2 Å². The number of carboxylic acids is 1. The van der Waals surface area contributed by atoms with E-state index in [0.717, 1.165) is 10.5 Å². The maximum absolute atomic E-state index is 12.4. The number of aromatic carboxylic acids is 1. The van der Waals surface area contributed by atoms with Crippen LogP contribution in [0, 0.1) is 6.92 Å². The molecule has 142 valence electrons. The first-order chi connectivity index (χ1) is 13.3. The largest absolute Gasteiger partial charge is 0.478 e. The second kappa shape index (κ2) is 7.75. The molecule has 1 aliphatic heterocycles. The van der Waals surface area contributed by atoms with Gasteiger partial charge in [-0.1, -0.05) is 24.3 Å². The summed E-state index contributed by atoms with van der Waals surface area (Å²) in [6, 6.07) is 12.3. The number of benzene rings is 2. The smallest absolute Gasteiger partial charge is 0.335 e. The highest BCUT2D eigenvalue weighted by molar-refractivity contribution is 6.16. The highest BCUT2D eigenvalue weighted by Gasteiger charge is 2.34. The Morgan fingerprint density at radius 3 is 2.50 bits per heavy atom. The van der Waals surface area contributed by atoms with Gasteiger partial charge in [-0.2, -0.15) is 0 Å². The average molecular weight is 379 g/mol. The molecule has 4 amide bonds. The number of hydrogen-bond donors (Lipinski definition) is 3. The van der Waals surface area contributed by atoms with Crippen LogP contribution in [0.5, 0.6) is 0 Å². The number of carbonyl (C=O) groups is 4. The van der Waals surface area contributed by atoms with Crippen molar-refractivity contribution in [2.75, 3.05) is 11.9 Å². The summed E-state index contributed by atoms with van der Waals surface area (Å²) in [5, 5.41) is 14.0. The van der Waals surface area contributed by atoms with Gasteiger partial charge in [-0.3, -0.25) is 9.59 Å². The van der Waals surface area contributed by atoms with E-state index in [9.17, 15) is 19.2 Å². The lowest BCUT2D eigenvalue weighted by molar-refractivity contribution is -0.127. The number of rotatable bonds is 5. The Kier molecular flexibility index (Phi) is 5.21. The molecular formula is C20H17N3O5. The molecule has 0 bridgehead atoms. The molecule has 0 spiro atoms. The monoisotopic (exact) mass is 379 g/mol. The molecule has 0 aliphatic carbocycles. The van der Waals surface area contributed by atoms with Crippen molar-refractivity contribution < 1.29 is 24.3 Å². The van der Waals surface area contributed by atoms with Crippen LogP contribution in [0.4, 0.5) is 10.5 Å². The van der Waals surface area contributed by atoms with Gasteiger partial charge in [0.15, 0.2) is 0 Å². The molecule has 1 saturated heterocycles. The number of aryl methyl sites for hydroxylation is 1. The van der Waals surface area contributed by atoms with Crippen LogP contribution in [-0.4, -0.2) is 40.4 Å². The van der Waals surface area contributed by atoms with Crippen molar-refractivity contribution in [2.45, 2.75) is 6.92 Å². The molecule has 28 heavy (non-hydrogen) atoms. The molecule has 0 aromatic heterocycles. The van der Waals surface area contributed by atoms with Gasteiger partial charge in [0.25, 0.3) is 5.91 Å². The quantitative estimate of drug-likeness (QED) is 0.544. The Balaban J connectivity index is 1.69. The first kappa shape index (κ1) is 18.8. The van der Waals surface area contributed by atoms with Gasteiger partial charge in [-0.05, 0) is 48.4 Å². The van der Waals surface area contributed by atoms with Crippen LogP contribution in [0.3, 0.4) is 0 Å². The lowest BCUT2D eigenvalue weighted by Gasteiger charge is -2.12. The predicted octanol–water partition coefficient (Wildman–Crippen LogP) is 2.22. The summed E-state index contributed by atoms with van der Waals surface area (Å²) >= 11 is 0. The van der Waals surface area contributed by atoms with Crippen molar-refractivity contribution in [3.05, 3.63) is 70.9 Å². The lowest BCUT2D eigenvalue weighted by atomic mass is 10.1. The van der Waals surface area contributed by atoms with E-state index in [2.05, 4.69) is 10.6 Å². The number of nitrogens with zero attached hydrogens (tertiary/aromatic N) is 1. The van der Waals surface area contributed by atoms with Gasteiger partial charge < -0.3 is 15.7 Å². The lowest BCUT2D eigenvalue weighted by Crippen LogP contribution is -2.38.